The lowest BCUT2D eigenvalue weighted by Gasteiger charge is -2.05. The molecule has 1 aromatic heterocycles. The molecule has 2 aliphatic carbocycles. The average Bonchev–Trinajstić information content (AvgIpc) is 2.61. The fraction of sp³-hybridized carbons (Fsp3) is 0.667. The van der Waals surface area contributed by atoms with Crippen LogP contribution in [0.25, 0.3) is 0 Å². The highest BCUT2D eigenvalue weighted by Crippen LogP contribution is 2.38. The third-order valence-electron chi connectivity index (χ3n) is 3.56. The molecular weight excluding hydrogens is 190 g/mol. The van der Waals surface area contributed by atoms with E-state index in [1.165, 1.54) is 44.9 Å². The lowest BCUT2D eigenvalue weighted by molar-refractivity contribution is 0.612. The van der Waals surface area contributed by atoms with Gasteiger partial charge in [-0.2, -0.15) is 0 Å². The van der Waals surface area contributed by atoms with Crippen molar-refractivity contribution in [2.24, 2.45) is 5.73 Å². The van der Waals surface area contributed by atoms with Gasteiger partial charge in [-0.05, 0) is 56.6 Å². The zero-order chi connectivity index (χ0) is 9.60. The maximum absolute atomic E-state index is 6.09. The Morgan fingerprint density at radius 3 is 2.93 bits per heavy atom. The van der Waals surface area contributed by atoms with Crippen LogP contribution in [-0.4, -0.2) is 5.54 Å². The van der Waals surface area contributed by atoms with Crippen molar-refractivity contribution in [3.8, 4) is 0 Å². The van der Waals surface area contributed by atoms with E-state index in [2.05, 4.69) is 6.07 Å². The Hall–Kier alpha value is -0.340. The van der Waals surface area contributed by atoms with Crippen molar-refractivity contribution in [3.05, 3.63) is 21.4 Å². The van der Waals surface area contributed by atoms with Crippen molar-refractivity contribution in [2.45, 2.75) is 50.5 Å². The van der Waals surface area contributed by atoms with Crippen LogP contribution in [0.2, 0.25) is 0 Å². The molecule has 0 radical (unpaired) electrons. The summed E-state index contributed by atoms with van der Waals surface area (Å²) < 4.78 is 0. The Balaban J connectivity index is 1.66. The van der Waals surface area contributed by atoms with Gasteiger partial charge in [0.25, 0.3) is 0 Å². The molecule has 2 aliphatic rings. The minimum absolute atomic E-state index is 0.231. The molecule has 0 aromatic carbocycles. The quantitative estimate of drug-likeness (QED) is 0.810. The second kappa shape index (κ2) is 3.07. The molecule has 14 heavy (non-hydrogen) atoms. The first kappa shape index (κ1) is 8.93. The highest BCUT2D eigenvalue weighted by Gasteiger charge is 2.37. The minimum Gasteiger partial charge on any atom is -0.325 e. The smallest absolute Gasteiger partial charge is 0.0159 e. The summed E-state index contributed by atoms with van der Waals surface area (Å²) >= 11 is 2.03. The van der Waals surface area contributed by atoms with Gasteiger partial charge in [-0.1, -0.05) is 0 Å². The Bertz CT molecular complexity index is 328. The number of fused-ring (bicyclic) bond motifs is 1. The molecule has 1 fully saturated rings. The van der Waals surface area contributed by atoms with Crippen molar-refractivity contribution < 1.29 is 0 Å². The van der Waals surface area contributed by atoms with Gasteiger partial charge < -0.3 is 5.73 Å². The highest BCUT2D eigenvalue weighted by molar-refractivity contribution is 7.12. The predicted molar refractivity (Wildman–Crippen MR) is 60.8 cm³/mol. The number of aryl methyl sites for hydroxylation is 3. The molecule has 0 bridgehead atoms. The van der Waals surface area contributed by atoms with E-state index in [4.69, 9.17) is 5.73 Å². The third-order valence-corrected chi connectivity index (χ3v) is 4.86. The Labute approximate surface area is 89.3 Å². The molecule has 1 heterocycles. The highest BCUT2D eigenvalue weighted by atomic mass is 32.1. The van der Waals surface area contributed by atoms with Crippen LogP contribution in [0.4, 0.5) is 0 Å². The standard InChI is InChI=1S/C12H17NS/c13-12(6-7-12)5-4-10-8-9-2-1-3-11(9)14-10/h8H,1-7,13H2. The Morgan fingerprint density at radius 2 is 2.21 bits per heavy atom. The number of thiophene rings is 1. The number of hydrogen-bond acceptors (Lipinski definition) is 2. The van der Waals surface area contributed by atoms with Crippen molar-refractivity contribution in [1.29, 1.82) is 0 Å². The van der Waals surface area contributed by atoms with Crippen LogP contribution in [0, 0.1) is 0 Å². The fourth-order valence-electron chi connectivity index (χ4n) is 2.30. The van der Waals surface area contributed by atoms with E-state index < -0.39 is 0 Å². The monoisotopic (exact) mass is 207 g/mol. The maximum Gasteiger partial charge on any atom is 0.0159 e. The lowest BCUT2D eigenvalue weighted by Crippen LogP contribution is -2.21. The van der Waals surface area contributed by atoms with E-state index in [1.54, 1.807) is 15.3 Å². The molecule has 0 amide bonds. The second-order valence-electron chi connectivity index (χ2n) is 4.88. The van der Waals surface area contributed by atoms with Crippen LogP contribution in [0.1, 0.15) is 41.0 Å². The van der Waals surface area contributed by atoms with E-state index >= 15 is 0 Å². The SMILES string of the molecule is NC1(CCc2cc3c(s2)CCC3)CC1. The van der Waals surface area contributed by atoms with Crippen LogP contribution in [0.3, 0.4) is 0 Å². The van der Waals surface area contributed by atoms with Crippen molar-refractivity contribution >= 4 is 11.3 Å². The zero-order valence-corrected chi connectivity index (χ0v) is 9.33. The van der Waals surface area contributed by atoms with Crippen molar-refractivity contribution in [2.75, 3.05) is 0 Å². The first-order valence-electron chi connectivity index (χ1n) is 5.65. The van der Waals surface area contributed by atoms with E-state index in [-0.39, 0.29) is 5.54 Å². The van der Waals surface area contributed by atoms with Crippen molar-refractivity contribution in [3.63, 3.8) is 0 Å². The van der Waals surface area contributed by atoms with Crippen molar-refractivity contribution in [1.82, 2.24) is 0 Å². The maximum atomic E-state index is 6.09. The normalized spacial score (nSPS) is 22.4. The predicted octanol–water partition coefficient (Wildman–Crippen LogP) is 2.66. The Kier molecular flexibility index (Phi) is 1.96. The molecule has 3 rings (SSSR count). The van der Waals surface area contributed by atoms with Crippen LogP contribution in [0.15, 0.2) is 6.07 Å². The first-order valence-corrected chi connectivity index (χ1v) is 6.46. The molecule has 0 saturated heterocycles. The minimum atomic E-state index is 0.231. The van der Waals surface area contributed by atoms with E-state index in [9.17, 15) is 0 Å². The topological polar surface area (TPSA) is 26.0 Å². The number of hydrogen-bond donors (Lipinski definition) is 1. The molecule has 0 spiro atoms. The lowest BCUT2D eigenvalue weighted by atomic mass is 10.1. The molecule has 76 valence electrons. The largest absolute Gasteiger partial charge is 0.325 e. The summed E-state index contributed by atoms with van der Waals surface area (Å²) in [6, 6.07) is 2.43. The van der Waals surface area contributed by atoms with Crippen LogP contribution in [-0.2, 0) is 19.3 Å². The first-order chi connectivity index (χ1) is 6.75. The number of nitrogens with two attached hydrogens (primary N) is 1. The molecule has 0 unspecified atom stereocenters. The van der Waals surface area contributed by atoms with Gasteiger partial charge in [-0.25, -0.2) is 0 Å². The van der Waals surface area contributed by atoms with Gasteiger partial charge in [0.1, 0.15) is 0 Å². The summed E-state index contributed by atoms with van der Waals surface area (Å²) in [6.07, 6.45) is 8.94. The fourth-order valence-corrected chi connectivity index (χ4v) is 3.56. The number of rotatable bonds is 3. The molecule has 2 N–H and O–H groups in total. The van der Waals surface area contributed by atoms with Gasteiger partial charge in [0.05, 0.1) is 0 Å². The van der Waals surface area contributed by atoms with Gasteiger partial charge >= 0.3 is 0 Å². The van der Waals surface area contributed by atoms with Gasteiger partial charge in [0.2, 0.25) is 0 Å². The van der Waals surface area contributed by atoms with E-state index in [0.29, 0.717) is 0 Å². The van der Waals surface area contributed by atoms with Gasteiger partial charge in [0, 0.05) is 15.3 Å². The van der Waals surface area contributed by atoms with Gasteiger partial charge in [-0.3, -0.25) is 0 Å². The summed E-state index contributed by atoms with van der Waals surface area (Å²) in [6.45, 7) is 0. The average molecular weight is 207 g/mol. The summed E-state index contributed by atoms with van der Waals surface area (Å²) in [4.78, 5) is 3.23. The Morgan fingerprint density at radius 1 is 1.36 bits per heavy atom. The van der Waals surface area contributed by atoms with Gasteiger partial charge in [-0.15, -0.1) is 11.3 Å². The summed E-state index contributed by atoms with van der Waals surface area (Å²) in [5, 5.41) is 0. The second-order valence-corrected chi connectivity index (χ2v) is 6.10. The van der Waals surface area contributed by atoms with E-state index in [0.717, 1.165) is 0 Å². The molecule has 0 atom stereocenters. The van der Waals surface area contributed by atoms with Gasteiger partial charge in [0.15, 0.2) is 0 Å². The molecule has 1 saturated carbocycles. The third kappa shape index (κ3) is 1.61. The van der Waals surface area contributed by atoms with Crippen LogP contribution < -0.4 is 5.73 Å². The summed E-state index contributed by atoms with van der Waals surface area (Å²) in [5.74, 6) is 0. The summed E-state index contributed by atoms with van der Waals surface area (Å²) in [5.41, 5.74) is 7.95. The molecule has 1 aromatic rings. The molecule has 2 heteroatoms. The van der Waals surface area contributed by atoms with Crippen LogP contribution >= 0.6 is 11.3 Å². The zero-order valence-electron chi connectivity index (χ0n) is 8.51. The van der Waals surface area contributed by atoms with Crippen LogP contribution in [0.5, 0.6) is 0 Å². The molecule has 1 nitrogen and oxygen atoms in total. The molecule has 0 aliphatic heterocycles. The summed E-state index contributed by atoms with van der Waals surface area (Å²) in [7, 11) is 0. The van der Waals surface area contributed by atoms with E-state index in [1.807, 2.05) is 11.3 Å². The molecular formula is C12H17NS.